The highest BCUT2D eigenvalue weighted by molar-refractivity contribution is 7.86. The third-order valence-electron chi connectivity index (χ3n) is 5.73. The third-order valence-corrected chi connectivity index (χ3v) is 7.00. The molecule has 3 rings (SSSR count). The number of allylic oxidation sites excluding steroid dienone is 1. The van der Waals surface area contributed by atoms with Crippen LogP contribution in [-0.4, -0.2) is 35.5 Å². The quantitative estimate of drug-likeness (QED) is 0.208. The highest BCUT2D eigenvalue weighted by Crippen LogP contribution is 2.22. The van der Waals surface area contributed by atoms with E-state index in [0.717, 1.165) is 16.8 Å². The van der Waals surface area contributed by atoms with E-state index in [1.165, 1.54) is 18.2 Å². The number of benzene rings is 3. The van der Waals surface area contributed by atoms with Gasteiger partial charge in [0.25, 0.3) is 10.1 Å². The van der Waals surface area contributed by atoms with E-state index in [-0.39, 0.29) is 18.6 Å². The number of aromatic hydroxyl groups is 1. The van der Waals surface area contributed by atoms with Crippen molar-refractivity contribution in [2.24, 2.45) is 0 Å². The number of hydrogen-bond acceptors (Lipinski definition) is 6. The first kappa shape index (κ1) is 26.3. The number of hydrogen-bond donors (Lipinski definition) is 4. The molecule has 0 bridgehead atoms. The van der Waals surface area contributed by atoms with E-state index in [1.807, 2.05) is 55.6 Å². The maximum Gasteiger partial charge on any atom is 0.268 e. The number of phenols is 1. The number of anilines is 1. The first-order chi connectivity index (χ1) is 16.8. The maximum atomic E-state index is 11.9. The van der Waals surface area contributed by atoms with E-state index < -0.39 is 21.5 Å². The number of para-hydroxylation sites is 1. The van der Waals surface area contributed by atoms with Gasteiger partial charge < -0.3 is 20.3 Å². The van der Waals surface area contributed by atoms with Crippen molar-refractivity contribution in [2.45, 2.75) is 37.2 Å². The molecule has 186 valence electrons. The summed E-state index contributed by atoms with van der Waals surface area (Å²) in [6.07, 6.45) is 2.85. The summed E-state index contributed by atoms with van der Waals surface area (Å²) in [4.78, 5) is 0. The van der Waals surface area contributed by atoms with E-state index in [9.17, 15) is 23.2 Å². The lowest BCUT2D eigenvalue weighted by Crippen LogP contribution is -2.20. The molecule has 7 nitrogen and oxygen atoms in total. The van der Waals surface area contributed by atoms with Gasteiger partial charge in [0.1, 0.15) is 18.1 Å². The van der Waals surface area contributed by atoms with E-state index in [0.29, 0.717) is 24.3 Å². The van der Waals surface area contributed by atoms with Gasteiger partial charge in [-0.05, 0) is 60.7 Å². The highest BCUT2D eigenvalue weighted by Gasteiger charge is 2.21. The number of aryl methyl sites for hydroxylation is 1. The molecule has 2 atom stereocenters. The van der Waals surface area contributed by atoms with E-state index in [1.54, 1.807) is 18.2 Å². The lowest BCUT2D eigenvalue weighted by molar-refractivity contribution is 0.228. The molecule has 0 radical (unpaired) electrons. The van der Waals surface area contributed by atoms with Gasteiger partial charge in [0.05, 0.1) is 11.4 Å². The van der Waals surface area contributed by atoms with Crippen molar-refractivity contribution < 1.29 is 27.9 Å². The summed E-state index contributed by atoms with van der Waals surface area (Å²) < 4.78 is 39.3. The maximum absolute atomic E-state index is 11.9. The fourth-order valence-electron chi connectivity index (χ4n) is 3.66. The Kier molecular flexibility index (Phi) is 9.31. The molecule has 0 amide bonds. The molecule has 35 heavy (non-hydrogen) atoms. The third kappa shape index (κ3) is 8.13. The van der Waals surface area contributed by atoms with E-state index >= 15 is 0 Å². The van der Waals surface area contributed by atoms with Crippen LogP contribution in [0.15, 0.2) is 84.9 Å². The lowest BCUT2D eigenvalue weighted by Gasteiger charge is -2.13. The molecule has 0 heterocycles. The second kappa shape index (κ2) is 12.4. The van der Waals surface area contributed by atoms with Gasteiger partial charge in [-0.2, -0.15) is 8.42 Å². The summed E-state index contributed by atoms with van der Waals surface area (Å²) in [6.45, 7) is 0.420. The zero-order valence-electron chi connectivity index (χ0n) is 19.5. The smallest absolute Gasteiger partial charge is 0.268 e. The topological polar surface area (TPSA) is 116 Å². The molecule has 0 aromatic heterocycles. The standard InChI is InChI=1S/C27H31NO6S/c1-28-26-7-3-2-5-22(26)19-34-24-16-9-20(10-17-24)11-18-25(35(31,32)33)6-4-8-27(30)21-12-14-23(29)15-13-21/h2-5,7-10,12-17,25,27-30H,6,11,18-19H2,1H3,(H,31,32,33)/b8-4+/t25-,27+/m0/s1. The van der Waals surface area contributed by atoms with Gasteiger partial charge in [-0.3, -0.25) is 4.55 Å². The molecule has 0 saturated heterocycles. The van der Waals surface area contributed by atoms with Crippen molar-refractivity contribution in [3.05, 3.63) is 102 Å². The second-order valence-electron chi connectivity index (χ2n) is 8.22. The Morgan fingerprint density at radius 2 is 1.69 bits per heavy atom. The number of aliphatic hydroxyl groups excluding tert-OH is 1. The Labute approximate surface area is 206 Å². The minimum absolute atomic E-state index is 0.0695. The fourth-order valence-corrected chi connectivity index (χ4v) is 4.43. The average Bonchev–Trinajstić information content (AvgIpc) is 2.85. The SMILES string of the molecule is CNc1ccccc1COc1ccc(CC[C@H](C/C=C/[C@@H](O)c2ccc(O)cc2)S(=O)(=O)O)cc1. The van der Waals surface area contributed by atoms with E-state index in [2.05, 4.69) is 5.32 Å². The molecule has 0 aliphatic rings. The number of rotatable bonds is 12. The van der Waals surface area contributed by atoms with Gasteiger partial charge in [-0.25, -0.2) is 0 Å². The first-order valence-corrected chi connectivity index (χ1v) is 12.8. The van der Waals surface area contributed by atoms with Crippen molar-refractivity contribution in [1.29, 1.82) is 0 Å². The van der Waals surface area contributed by atoms with Gasteiger partial charge >= 0.3 is 0 Å². The van der Waals surface area contributed by atoms with Crippen molar-refractivity contribution in [1.82, 2.24) is 0 Å². The monoisotopic (exact) mass is 497 g/mol. The van der Waals surface area contributed by atoms with Crippen LogP contribution in [0.3, 0.4) is 0 Å². The molecular formula is C27H31NO6S. The Morgan fingerprint density at radius 3 is 2.34 bits per heavy atom. The molecule has 0 fully saturated rings. The molecule has 8 heteroatoms. The molecule has 0 spiro atoms. The predicted molar refractivity (Wildman–Crippen MR) is 137 cm³/mol. The van der Waals surface area contributed by atoms with Gasteiger partial charge in [-0.1, -0.05) is 54.6 Å². The molecule has 0 saturated carbocycles. The zero-order valence-corrected chi connectivity index (χ0v) is 20.4. The average molecular weight is 498 g/mol. The molecule has 3 aromatic rings. The van der Waals surface area contributed by atoms with Crippen LogP contribution in [0.5, 0.6) is 11.5 Å². The Balaban J connectivity index is 1.53. The van der Waals surface area contributed by atoms with Crippen LogP contribution in [0.1, 0.15) is 35.6 Å². The largest absolute Gasteiger partial charge is 0.508 e. The van der Waals surface area contributed by atoms with Crippen molar-refractivity contribution in [3.63, 3.8) is 0 Å². The second-order valence-corrected chi connectivity index (χ2v) is 9.91. The summed E-state index contributed by atoms with van der Waals surface area (Å²) in [5.41, 5.74) is 3.54. The minimum Gasteiger partial charge on any atom is -0.508 e. The predicted octanol–water partition coefficient (Wildman–Crippen LogP) is 4.88. The number of aliphatic hydroxyl groups is 1. The Bertz CT molecular complexity index is 1210. The molecule has 4 N–H and O–H groups in total. The fraction of sp³-hybridized carbons (Fsp3) is 0.259. The van der Waals surface area contributed by atoms with Gasteiger partial charge in [0.15, 0.2) is 0 Å². The minimum atomic E-state index is -4.25. The van der Waals surface area contributed by atoms with Crippen LogP contribution in [0.25, 0.3) is 0 Å². The summed E-state index contributed by atoms with van der Waals surface area (Å²) in [5, 5.41) is 21.7. The Hall–Kier alpha value is -3.33. The van der Waals surface area contributed by atoms with Crippen LogP contribution < -0.4 is 10.1 Å². The van der Waals surface area contributed by atoms with Gasteiger partial charge in [0, 0.05) is 18.3 Å². The summed E-state index contributed by atoms with van der Waals surface area (Å²) in [5.74, 6) is 0.798. The lowest BCUT2D eigenvalue weighted by atomic mass is 10.1. The summed E-state index contributed by atoms with van der Waals surface area (Å²) in [6, 6.07) is 21.4. The van der Waals surface area contributed by atoms with Crippen LogP contribution in [0.2, 0.25) is 0 Å². The number of phenolic OH excluding ortho intramolecular Hbond substituents is 1. The van der Waals surface area contributed by atoms with Crippen molar-refractivity contribution in [3.8, 4) is 11.5 Å². The molecule has 3 aromatic carbocycles. The summed E-state index contributed by atoms with van der Waals surface area (Å²) >= 11 is 0. The van der Waals surface area contributed by atoms with E-state index in [4.69, 9.17) is 4.74 Å². The normalized spacial score (nSPS) is 13.5. The first-order valence-electron chi connectivity index (χ1n) is 11.3. The molecule has 0 unspecified atom stereocenters. The van der Waals surface area contributed by atoms with Gasteiger partial charge in [-0.15, -0.1) is 0 Å². The van der Waals surface area contributed by atoms with Crippen molar-refractivity contribution in [2.75, 3.05) is 12.4 Å². The van der Waals surface area contributed by atoms with Crippen LogP contribution in [0.4, 0.5) is 5.69 Å². The van der Waals surface area contributed by atoms with Gasteiger partial charge in [0.2, 0.25) is 0 Å². The van der Waals surface area contributed by atoms with Crippen molar-refractivity contribution >= 4 is 15.8 Å². The molecular weight excluding hydrogens is 466 g/mol. The Morgan fingerprint density at radius 1 is 1.00 bits per heavy atom. The molecule has 0 aliphatic heterocycles. The highest BCUT2D eigenvalue weighted by atomic mass is 32.2. The number of nitrogens with one attached hydrogen (secondary N) is 1. The van der Waals surface area contributed by atoms with Crippen LogP contribution >= 0.6 is 0 Å². The van der Waals surface area contributed by atoms with Crippen LogP contribution in [-0.2, 0) is 23.1 Å². The number of ether oxygens (including phenoxy) is 1. The zero-order chi connectivity index (χ0) is 25.3. The molecule has 0 aliphatic carbocycles. The summed E-state index contributed by atoms with van der Waals surface area (Å²) in [7, 11) is -2.39. The van der Waals surface area contributed by atoms with Crippen LogP contribution in [0, 0.1) is 0 Å².